The van der Waals surface area contributed by atoms with Crippen molar-refractivity contribution in [3.63, 3.8) is 0 Å². The summed E-state index contributed by atoms with van der Waals surface area (Å²) in [6, 6.07) is 0.349. The molecule has 7 heteroatoms. The molecule has 3 N–H and O–H groups in total. The van der Waals surface area contributed by atoms with Crippen molar-refractivity contribution in [2.24, 2.45) is 11.7 Å². The molecule has 0 aromatic carbocycles. The van der Waals surface area contributed by atoms with Crippen LogP contribution in [0, 0.1) is 12.8 Å². The maximum atomic E-state index is 11.2. The standard InChI is InChI=1S/C15H24BrN5O/c1-9-8-18-15(20-14(9)21(2)3)19-11-6-4-10(5-7-11)12(16)13(17)22/h8,10-12H,4-7H2,1-3H3,(H2,17,22)(H,18,19,20). The molecule has 1 aliphatic carbocycles. The molecule has 0 aliphatic heterocycles. The van der Waals surface area contributed by atoms with E-state index in [2.05, 4.69) is 31.2 Å². The zero-order chi connectivity index (χ0) is 16.3. The summed E-state index contributed by atoms with van der Waals surface area (Å²) in [5.74, 6) is 1.66. The average Bonchev–Trinajstić information content (AvgIpc) is 2.49. The van der Waals surface area contributed by atoms with Crippen LogP contribution in [0.4, 0.5) is 11.8 Å². The van der Waals surface area contributed by atoms with Crippen LogP contribution in [0.25, 0.3) is 0 Å². The molecule has 1 unspecified atom stereocenters. The van der Waals surface area contributed by atoms with E-state index in [1.165, 1.54) is 0 Å². The van der Waals surface area contributed by atoms with Crippen molar-refractivity contribution in [2.45, 2.75) is 43.5 Å². The van der Waals surface area contributed by atoms with Gasteiger partial charge in [-0.05, 0) is 38.5 Å². The number of rotatable bonds is 5. The molecule has 0 spiro atoms. The first-order valence-corrected chi connectivity index (χ1v) is 8.51. The SMILES string of the molecule is Cc1cnc(NC2CCC(C(Br)C(N)=O)CC2)nc1N(C)C. The Balaban J connectivity index is 1.94. The van der Waals surface area contributed by atoms with Crippen LogP contribution in [-0.2, 0) is 4.79 Å². The molecule has 2 rings (SSSR count). The fourth-order valence-corrected chi connectivity index (χ4v) is 3.46. The van der Waals surface area contributed by atoms with Crippen molar-refractivity contribution in [1.29, 1.82) is 0 Å². The predicted octanol–water partition coefficient (Wildman–Crippen LogP) is 2.07. The van der Waals surface area contributed by atoms with E-state index in [4.69, 9.17) is 5.73 Å². The summed E-state index contributed by atoms with van der Waals surface area (Å²) in [4.78, 5) is 21.9. The van der Waals surface area contributed by atoms with E-state index in [0.29, 0.717) is 17.9 Å². The normalized spacial score (nSPS) is 22.9. The van der Waals surface area contributed by atoms with Gasteiger partial charge in [-0.1, -0.05) is 15.9 Å². The van der Waals surface area contributed by atoms with Gasteiger partial charge in [0.05, 0.1) is 4.83 Å². The molecule has 1 atom stereocenters. The zero-order valence-electron chi connectivity index (χ0n) is 13.3. The molecular formula is C15H24BrN5O. The molecule has 0 bridgehead atoms. The highest BCUT2D eigenvalue weighted by atomic mass is 79.9. The third-order valence-electron chi connectivity index (χ3n) is 4.16. The van der Waals surface area contributed by atoms with Crippen LogP contribution in [0.1, 0.15) is 31.2 Å². The number of halogens is 1. The van der Waals surface area contributed by atoms with Crippen molar-refractivity contribution < 1.29 is 4.79 Å². The summed E-state index contributed by atoms with van der Waals surface area (Å²) in [6.45, 7) is 2.00. The van der Waals surface area contributed by atoms with Crippen LogP contribution in [-0.4, -0.2) is 40.8 Å². The van der Waals surface area contributed by atoms with Gasteiger partial charge < -0.3 is 16.0 Å². The number of anilines is 2. The molecule has 1 aromatic rings. The molecule has 1 amide bonds. The molecule has 0 radical (unpaired) electrons. The molecule has 0 saturated heterocycles. The summed E-state index contributed by atoms with van der Waals surface area (Å²) < 4.78 is 0. The number of carbonyl (C=O) groups excluding carboxylic acids is 1. The van der Waals surface area contributed by atoms with Gasteiger partial charge in [0.15, 0.2) is 0 Å². The quantitative estimate of drug-likeness (QED) is 0.776. The summed E-state index contributed by atoms with van der Waals surface area (Å²) in [6.07, 6.45) is 5.78. The third kappa shape index (κ3) is 4.09. The lowest BCUT2D eigenvalue weighted by Gasteiger charge is -2.30. The van der Waals surface area contributed by atoms with E-state index in [-0.39, 0.29) is 10.7 Å². The van der Waals surface area contributed by atoms with Crippen molar-refractivity contribution >= 4 is 33.6 Å². The number of nitrogens with zero attached hydrogens (tertiary/aromatic N) is 3. The average molecular weight is 370 g/mol. The Morgan fingerprint density at radius 2 is 2.05 bits per heavy atom. The molecule has 6 nitrogen and oxygen atoms in total. The number of amides is 1. The van der Waals surface area contributed by atoms with E-state index in [1.807, 2.05) is 32.1 Å². The van der Waals surface area contributed by atoms with Gasteiger partial charge in [0, 0.05) is 31.9 Å². The number of nitrogens with two attached hydrogens (primary N) is 1. The monoisotopic (exact) mass is 369 g/mol. The largest absolute Gasteiger partial charge is 0.369 e. The number of hydrogen-bond donors (Lipinski definition) is 2. The van der Waals surface area contributed by atoms with E-state index in [9.17, 15) is 4.79 Å². The molecule has 122 valence electrons. The van der Waals surface area contributed by atoms with Gasteiger partial charge in [-0.25, -0.2) is 4.98 Å². The highest BCUT2D eigenvalue weighted by molar-refractivity contribution is 9.10. The van der Waals surface area contributed by atoms with E-state index in [0.717, 1.165) is 37.1 Å². The molecule has 22 heavy (non-hydrogen) atoms. The third-order valence-corrected chi connectivity index (χ3v) is 5.36. The Labute approximate surface area is 140 Å². The minimum absolute atomic E-state index is 0.218. The summed E-state index contributed by atoms with van der Waals surface area (Å²) in [5, 5.41) is 3.41. The number of aryl methyl sites for hydroxylation is 1. The van der Waals surface area contributed by atoms with Crippen LogP contribution in [0.2, 0.25) is 0 Å². The van der Waals surface area contributed by atoms with Crippen LogP contribution < -0.4 is 16.0 Å². The first kappa shape index (κ1) is 17.0. The highest BCUT2D eigenvalue weighted by Crippen LogP contribution is 2.31. The summed E-state index contributed by atoms with van der Waals surface area (Å²) >= 11 is 3.40. The van der Waals surface area contributed by atoms with Crippen LogP contribution in [0.3, 0.4) is 0 Å². The number of carbonyl (C=O) groups is 1. The van der Waals surface area contributed by atoms with Gasteiger partial charge in [-0.2, -0.15) is 4.98 Å². The molecule has 1 aliphatic rings. The smallest absolute Gasteiger partial charge is 0.231 e. The fraction of sp³-hybridized carbons (Fsp3) is 0.667. The van der Waals surface area contributed by atoms with E-state index < -0.39 is 0 Å². The Morgan fingerprint density at radius 3 is 2.59 bits per heavy atom. The minimum Gasteiger partial charge on any atom is -0.369 e. The van der Waals surface area contributed by atoms with E-state index >= 15 is 0 Å². The molecule has 1 aromatic heterocycles. The van der Waals surface area contributed by atoms with Crippen molar-refractivity contribution in [1.82, 2.24) is 9.97 Å². The van der Waals surface area contributed by atoms with Gasteiger partial charge >= 0.3 is 0 Å². The Hall–Kier alpha value is -1.37. The van der Waals surface area contributed by atoms with Crippen LogP contribution in [0.5, 0.6) is 0 Å². The van der Waals surface area contributed by atoms with Gasteiger partial charge in [0.25, 0.3) is 0 Å². The molecule has 1 fully saturated rings. The number of hydrogen-bond acceptors (Lipinski definition) is 5. The Morgan fingerprint density at radius 1 is 1.41 bits per heavy atom. The second kappa shape index (κ2) is 7.26. The summed E-state index contributed by atoms with van der Waals surface area (Å²) in [7, 11) is 3.95. The van der Waals surface area contributed by atoms with Crippen LogP contribution in [0.15, 0.2) is 6.20 Å². The number of primary amides is 1. The second-order valence-electron chi connectivity index (χ2n) is 6.15. The summed E-state index contributed by atoms with van der Waals surface area (Å²) in [5.41, 5.74) is 6.42. The number of nitrogens with one attached hydrogen (secondary N) is 1. The Bertz CT molecular complexity index is 529. The van der Waals surface area contributed by atoms with Gasteiger partial charge in [-0.3, -0.25) is 4.79 Å². The van der Waals surface area contributed by atoms with Crippen molar-refractivity contribution in [3.05, 3.63) is 11.8 Å². The molecule has 1 heterocycles. The highest BCUT2D eigenvalue weighted by Gasteiger charge is 2.29. The number of alkyl halides is 1. The second-order valence-corrected chi connectivity index (χ2v) is 7.14. The Kier molecular flexibility index (Phi) is 5.61. The van der Waals surface area contributed by atoms with Gasteiger partial charge in [-0.15, -0.1) is 0 Å². The fourth-order valence-electron chi connectivity index (χ4n) is 2.93. The first-order valence-electron chi connectivity index (χ1n) is 7.59. The van der Waals surface area contributed by atoms with Crippen molar-refractivity contribution in [2.75, 3.05) is 24.3 Å². The van der Waals surface area contributed by atoms with Crippen molar-refractivity contribution in [3.8, 4) is 0 Å². The topological polar surface area (TPSA) is 84.1 Å². The number of aromatic nitrogens is 2. The molecule has 1 saturated carbocycles. The lowest BCUT2D eigenvalue weighted by atomic mass is 9.84. The first-order chi connectivity index (χ1) is 10.4. The van der Waals surface area contributed by atoms with Gasteiger partial charge in [0.2, 0.25) is 11.9 Å². The van der Waals surface area contributed by atoms with E-state index in [1.54, 1.807) is 0 Å². The predicted molar refractivity (Wildman–Crippen MR) is 92.4 cm³/mol. The maximum Gasteiger partial charge on any atom is 0.231 e. The maximum absolute atomic E-state index is 11.2. The zero-order valence-corrected chi connectivity index (χ0v) is 14.9. The molecular weight excluding hydrogens is 346 g/mol. The lowest BCUT2D eigenvalue weighted by molar-refractivity contribution is -0.118. The van der Waals surface area contributed by atoms with Gasteiger partial charge in [0.1, 0.15) is 5.82 Å². The minimum atomic E-state index is -0.270. The van der Waals surface area contributed by atoms with Crippen LogP contribution >= 0.6 is 15.9 Å². The lowest BCUT2D eigenvalue weighted by Crippen LogP contribution is -2.35.